The Balaban J connectivity index is 1.82. The normalized spacial score (nSPS) is 18.6. The predicted octanol–water partition coefficient (Wildman–Crippen LogP) is 0.361. The Kier molecular flexibility index (Phi) is 4.68. The standard InChI is InChI=1S/C12H20N4OS/c1-9-11(18-8-15-9)7-14-12(17)10(2)16-5-3-13-4-6-16/h8,10,13H,3-7H2,1-2H3,(H,14,17). The van der Waals surface area contributed by atoms with E-state index >= 15 is 0 Å². The molecular weight excluding hydrogens is 248 g/mol. The first kappa shape index (κ1) is 13.5. The van der Waals surface area contributed by atoms with Gasteiger partial charge in [-0.25, -0.2) is 4.98 Å². The number of carbonyl (C=O) groups is 1. The van der Waals surface area contributed by atoms with Crippen LogP contribution in [0.25, 0.3) is 0 Å². The molecule has 1 atom stereocenters. The van der Waals surface area contributed by atoms with E-state index in [1.54, 1.807) is 11.3 Å². The largest absolute Gasteiger partial charge is 0.350 e. The number of hydrogen-bond donors (Lipinski definition) is 2. The predicted molar refractivity (Wildman–Crippen MR) is 72.6 cm³/mol. The molecule has 0 spiro atoms. The topological polar surface area (TPSA) is 57.3 Å². The summed E-state index contributed by atoms with van der Waals surface area (Å²) < 4.78 is 0. The third kappa shape index (κ3) is 3.28. The maximum atomic E-state index is 12.1. The number of aromatic nitrogens is 1. The summed E-state index contributed by atoms with van der Waals surface area (Å²) >= 11 is 1.59. The second-order valence-electron chi connectivity index (χ2n) is 4.54. The molecule has 1 aliphatic heterocycles. The van der Waals surface area contributed by atoms with Gasteiger partial charge in [0, 0.05) is 31.1 Å². The third-order valence-corrected chi connectivity index (χ3v) is 4.28. The van der Waals surface area contributed by atoms with E-state index in [9.17, 15) is 4.79 Å². The van der Waals surface area contributed by atoms with Crippen LogP contribution in [-0.2, 0) is 11.3 Å². The Morgan fingerprint density at radius 2 is 2.33 bits per heavy atom. The average Bonchev–Trinajstić information content (AvgIpc) is 2.81. The van der Waals surface area contributed by atoms with Crippen molar-refractivity contribution >= 4 is 17.2 Å². The zero-order chi connectivity index (χ0) is 13.0. The number of rotatable bonds is 4. The Labute approximate surface area is 112 Å². The molecule has 18 heavy (non-hydrogen) atoms. The van der Waals surface area contributed by atoms with Gasteiger partial charge in [0.05, 0.1) is 23.8 Å². The minimum atomic E-state index is -0.0553. The van der Waals surface area contributed by atoms with Gasteiger partial charge in [-0.05, 0) is 13.8 Å². The fourth-order valence-electron chi connectivity index (χ4n) is 2.05. The second kappa shape index (κ2) is 6.26. The van der Waals surface area contributed by atoms with Crippen molar-refractivity contribution in [2.45, 2.75) is 26.4 Å². The molecule has 1 fully saturated rings. The lowest BCUT2D eigenvalue weighted by molar-refractivity contribution is -0.126. The van der Waals surface area contributed by atoms with Crippen LogP contribution in [0, 0.1) is 6.92 Å². The minimum Gasteiger partial charge on any atom is -0.350 e. The second-order valence-corrected chi connectivity index (χ2v) is 5.48. The number of hydrogen-bond acceptors (Lipinski definition) is 5. The maximum absolute atomic E-state index is 12.1. The number of aryl methyl sites for hydroxylation is 1. The molecule has 1 aromatic rings. The van der Waals surface area contributed by atoms with Crippen LogP contribution in [0.5, 0.6) is 0 Å². The van der Waals surface area contributed by atoms with Crippen LogP contribution in [0.3, 0.4) is 0 Å². The quantitative estimate of drug-likeness (QED) is 0.828. The van der Waals surface area contributed by atoms with Gasteiger partial charge in [0.25, 0.3) is 0 Å². The number of nitrogens with zero attached hydrogens (tertiary/aromatic N) is 2. The van der Waals surface area contributed by atoms with Gasteiger partial charge in [-0.1, -0.05) is 0 Å². The summed E-state index contributed by atoms with van der Waals surface area (Å²) in [7, 11) is 0. The molecule has 1 aliphatic rings. The summed E-state index contributed by atoms with van der Waals surface area (Å²) in [6.07, 6.45) is 0. The highest BCUT2D eigenvalue weighted by Crippen LogP contribution is 2.11. The molecule has 5 nitrogen and oxygen atoms in total. The van der Waals surface area contributed by atoms with E-state index in [1.807, 2.05) is 19.4 Å². The van der Waals surface area contributed by atoms with Crippen molar-refractivity contribution in [1.82, 2.24) is 20.5 Å². The monoisotopic (exact) mass is 268 g/mol. The number of carbonyl (C=O) groups excluding carboxylic acids is 1. The van der Waals surface area contributed by atoms with Crippen molar-refractivity contribution in [3.63, 3.8) is 0 Å². The van der Waals surface area contributed by atoms with Gasteiger partial charge < -0.3 is 10.6 Å². The van der Waals surface area contributed by atoms with Crippen molar-refractivity contribution in [3.8, 4) is 0 Å². The lowest BCUT2D eigenvalue weighted by atomic mass is 10.2. The van der Waals surface area contributed by atoms with Crippen LogP contribution in [0.15, 0.2) is 5.51 Å². The van der Waals surface area contributed by atoms with Crippen LogP contribution in [0.4, 0.5) is 0 Å². The summed E-state index contributed by atoms with van der Waals surface area (Å²) in [5.41, 5.74) is 2.83. The molecular formula is C12H20N4OS. The first-order valence-electron chi connectivity index (χ1n) is 6.30. The zero-order valence-electron chi connectivity index (χ0n) is 10.9. The van der Waals surface area contributed by atoms with E-state index in [0.717, 1.165) is 36.8 Å². The molecule has 0 bridgehead atoms. The van der Waals surface area contributed by atoms with Gasteiger partial charge in [0.2, 0.25) is 5.91 Å². The van der Waals surface area contributed by atoms with E-state index in [0.29, 0.717) is 6.54 Å². The molecule has 100 valence electrons. The van der Waals surface area contributed by atoms with Crippen LogP contribution in [-0.4, -0.2) is 48.0 Å². The molecule has 0 saturated carbocycles. The Morgan fingerprint density at radius 3 is 2.94 bits per heavy atom. The highest BCUT2D eigenvalue weighted by molar-refractivity contribution is 7.09. The van der Waals surface area contributed by atoms with E-state index < -0.39 is 0 Å². The van der Waals surface area contributed by atoms with Crippen LogP contribution < -0.4 is 10.6 Å². The van der Waals surface area contributed by atoms with Crippen molar-refractivity contribution < 1.29 is 4.79 Å². The fraction of sp³-hybridized carbons (Fsp3) is 0.667. The summed E-state index contributed by atoms with van der Waals surface area (Å²) in [4.78, 5) is 19.6. The Bertz CT molecular complexity index is 401. The van der Waals surface area contributed by atoms with Crippen LogP contribution >= 0.6 is 11.3 Å². The fourth-order valence-corrected chi connectivity index (χ4v) is 2.76. The SMILES string of the molecule is Cc1ncsc1CNC(=O)C(C)N1CCNCC1. The molecule has 2 heterocycles. The third-order valence-electron chi connectivity index (χ3n) is 3.35. The summed E-state index contributed by atoms with van der Waals surface area (Å²) in [6, 6.07) is -0.0553. The average molecular weight is 268 g/mol. The van der Waals surface area contributed by atoms with Crippen molar-refractivity contribution in [3.05, 3.63) is 16.1 Å². The number of piperazine rings is 1. The zero-order valence-corrected chi connectivity index (χ0v) is 11.7. The van der Waals surface area contributed by atoms with Gasteiger partial charge in [-0.2, -0.15) is 0 Å². The van der Waals surface area contributed by atoms with E-state index in [-0.39, 0.29) is 11.9 Å². The summed E-state index contributed by atoms with van der Waals surface area (Å²) in [5, 5.41) is 6.28. The lowest BCUT2D eigenvalue weighted by Crippen LogP contribution is -2.52. The molecule has 2 N–H and O–H groups in total. The number of thiazole rings is 1. The van der Waals surface area contributed by atoms with Gasteiger partial charge in [0.1, 0.15) is 0 Å². The van der Waals surface area contributed by atoms with Crippen molar-refractivity contribution in [2.75, 3.05) is 26.2 Å². The summed E-state index contributed by atoms with van der Waals surface area (Å²) in [5.74, 6) is 0.102. The van der Waals surface area contributed by atoms with Gasteiger partial charge in [0.15, 0.2) is 0 Å². The molecule has 1 aromatic heterocycles. The van der Waals surface area contributed by atoms with Gasteiger partial charge in [-0.3, -0.25) is 9.69 Å². The molecule has 0 aliphatic carbocycles. The van der Waals surface area contributed by atoms with Crippen LogP contribution in [0.1, 0.15) is 17.5 Å². The van der Waals surface area contributed by atoms with Crippen molar-refractivity contribution in [2.24, 2.45) is 0 Å². The number of amides is 1. The van der Waals surface area contributed by atoms with E-state index in [4.69, 9.17) is 0 Å². The Morgan fingerprint density at radius 1 is 1.61 bits per heavy atom. The molecule has 6 heteroatoms. The highest BCUT2D eigenvalue weighted by atomic mass is 32.1. The lowest BCUT2D eigenvalue weighted by Gasteiger charge is -2.31. The molecule has 0 radical (unpaired) electrons. The highest BCUT2D eigenvalue weighted by Gasteiger charge is 2.22. The maximum Gasteiger partial charge on any atom is 0.237 e. The van der Waals surface area contributed by atoms with Crippen molar-refractivity contribution in [1.29, 1.82) is 0 Å². The molecule has 1 saturated heterocycles. The minimum absolute atomic E-state index is 0.0553. The van der Waals surface area contributed by atoms with Gasteiger partial charge in [-0.15, -0.1) is 11.3 Å². The molecule has 2 rings (SSSR count). The first-order valence-corrected chi connectivity index (χ1v) is 7.18. The smallest absolute Gasteiger partial charge is 0.237 e. The Hall–Kier alpha value is -0.980. The molecule has 1 amide bonds. The summed E-state index contributed by atoms with van der Waals surface area (Å²) in [6.45, 7) is 8.34. The molecule has 1 unspecified atom stereocenters. The van der Waals surface area contributed by atoms with Crippen LogP contribution in [0.2, 0.25) is 0 Å². The van der Waals surface area contributed by atoms with E-state index in [2.05, 4.69) is 20.5 Å². The first-order chi connectivity index (χ1) is 8.68. The van der Waals surface area contributed by atoms with Gasteiger partial charge >= 0.3 is 0 Å². The number of nitrogens with one attached hydrogen (secondary N) is 2. The molecule has 0 aromatic carbocycles. The van der Waals surface area contributed by atoms with E-state index in [1.165, 1.54) is 0 Å².